The Bertz CT molecular complexity index is 676. The number of halogens is 2. The van der Waals surface area contributed by atoms with E-state index in [1.165, 1.54) is 0 Å². The third-order valence-electron chi connectivity index (χ3n) is 2.52. The summed E-state index contributed by atoms with van der Waals surface area (Å²) in [7, 11) is -3.78. The molecule has 1 rings (SSSR count). The zero-order valence-electron chi connectivity index (χ0n) is 10.7. The fourth-order valence-corrected chi connectivity index (χ4v) is 1.90. The van der Waals surface area contributed by atoms with Crippen molar-refractivity contribution in [2.45, 2.75) is 13.0 Å². The molecule has 0 saturated carbocycles. The summed E-state index contributed by atoms with van der Waals surface area (Å²) >= 11 is 0. The first kappa shape index (κ1) is 17.0. The van der Waals surface area contributed by atoms with E-state index in [4.69, 9.17) is 10.9 Å². The first-order valence-corrected chi connectivity index (χ1v) is 7.37. The summed E-state index contributed by atoms with van der Waals surface area (Å²) in [5.74, 6) is -5.08. The topological polar surface area (TPSA) is 132 Å². The number of nitrogens with two attached hydrogens (primary N) is 2. The Morgan fingerprint density at radius 1 is 1.19 bits per heavy atom. The minimum atomic E-state index is -3.78. The van der Waals surface area contributed by atoms with Gasteiger partial charge in [0.05, 0.1) is 11.3 Å². The molecule has 0 radical (unpaired) electrons. The highest BCUT2D eigenvalue weighted by molar-refractivity contribution is 7.89. The molecule has 21 heavy (non-hydrogen) atoms. The van der Waals surface area contributed by atoms with Gasteiger partial charge in [0, 0.05) is 18.5 Å². The Kier molecular flexibility index (Phi) is 5.33. The third-order valence-corrected chi connectivity index (χ3v) is 3.29. The van der Waals surface area contributed by atoms with Crippen molar-refractivity contribution in [2.24, 2.45) is 10.9 Å². The van der Waals surface area contributed by atoms with Gasteiger partial charge in [0.1, 0.15) is 0 Å². The molecule has 0 atom stereocenters. The van der Waals surface area contributed by atoms with Crippen molar-refractivity contribution in [3.8, 4) is 0 Å². The molecule has 2 amide bonds. The van der Waals surface area contributed by atoms with Crippen LogP contribution in [0.2, 0.25) is 0 Å². The Balaban J connectivity index is 2.70. The summed E-state index contributed by atoms with van der Waals surface area (Å²) in [6.07, 6.45) is -0.400. The molecule has 0 bridgehead atoms. The maximum atomic E-state index is 13.6. The number of hydrogen-bond donors (Lipinski definition) is 3. The number of benzene rings is 1. The predicted molar refractivity (Wildman–Crippen MR) is 69.3 cm³/mol. The lowest BCUT2D eigenvalue weighted by molar-refractivity contribution is -0.120. The van der Waals surface area contributed by atoms with Gasteiger partial charge >= 0.3 is 0 Å². The van der Waals surface area contributed by atoms with Crippen LogP contribution < -0.4 is 16.2 Å². The van der Waals surface area contributed by atoms with Crippen LogP contribution in [-0.4, -0.2) is 26.0 Å². The zero-order valence-corrected chi connectivity index (χ0v) is 11.5. The van der Waals surface area contributed by atoms with E-state index in [1.54, 1.807) is 0 Å². The SMILES string of the molecule is NC(=O)c1ccc(CNC(=O)CCS(N)(=O)=O)c(F)c1F. The number of amides is 2. The van der Waals surface area contributed by atoms with E-state index in [0.29, 0.717) is 0 Å². The first-order valence-electron chi connectivity index (χ1n) is 5.65. The Morgan fingerprint density at radius 2 is 1.81 bits per heavy atom. The highest BCUT2D eigenvalue weighted by Crippen LogP contribution is 2.16. The van der Waals surface area contributed by atoms with Crippen molar-refractivity contribution < 1.29 is 26.8 Å². The highest BCUT2D eigenvalue weighted by Gasteiger charge is 2.17. The number of primary amides is 1. The molecule has 7 nitrogen and oxygen atoms in total. The molecule has 1 aromatic rings. The molecule has 0 aliphatic rings. The van der Waals surface area contributed by atoms with Gasteiger partial charge in [-0.25, -0.2) is 22.3 Å². The van der Waals surface area contributed by atoms with E-state index in [1.807, 2.05) is 0 Å². The molecule has 0 heterocycles. The molecule has 116 valence electrons. The van der Waals surface area contributed by atoms with Crippen molar-refractivity contribution in [1.29, 1.82) is 0 Å². The van der Waals surface area contributed by atoms with Crippen LogP contribution in [-0.2, 0) is 21.4 Å². The molecule has 10 heteroatoms. The van der Waals surface area contributed by atoms with E-state index in [-0.39, 0.29) is 12.1 Å². The van der Waals surface area contributed by atoms with Gasteiger partial charge in [0.15, 0.2) is 11.6 Å². The molecule has 0 fully saturated rings. The average molecular weight is 321 g/mol. The Labute approximate surface area is 119 Å². The maximum Gasteiger partial charge on any atom is 0.251 e. The second-order valence-corrected chi connectivity index (χ2v) is 5.89. The number of rotatable bonds is 6. The van der Waals surface area contributed by atoms with Crippen molar-refractivity contribution in [3.05, 3.63) is 34.9 Å². The van der Waals surface area contributed by atoms with Crippen LogP contribution in [0.5, 0.6) is 0 Å². The summed E-state index contributed by atoms with van der Waals surface area (Å²) < 4.78 is 48.4. The number of sulfonamides is 1. The lowest BCUT2D eigenvalue weighted by Gasteiger charge is -2.08. The van der Waals surface area contributed by atoms with Crippen LogP contribution in [0.3, 0.4) is 0 Å². The van der Waals surface area contributed by atoms with Crippen LogP contribution in [0, 0.1) is 11.6 Å². The number of carbonyl (C=O) groups excluding carboxylic acids is 2. The van der Waals surface area contributed by atoms with Crippen molar-refractivity contribution in [2.75, 3.05) is 5.75 Å². The van der Waals surface area contributed by atoms with Crippen LogP contribution >= 0.6 is 0 Å². The second-order valence-electron chi connectivity index (χ2n) is 4.16. The van der Waals surface area contributed by atoms with E-state index >= 15 is 0 Å². The third kappa shape index (κ3) is 5.08. The van der Waals surface area contributed by atoms with Crippen LogP contribution in [0.1, 0.15) is 22.3 Å². The molecule has 0 saturated heterocycles. The lowest BCUT2D eigenvalue weighted by atomic mass is 10.1. The summed E-state index contributed by atoms with van der Waals surface area (Å²) in [4.78, 5) is 22.1. The van der Waals surface area contributed by atoms with Crippen molar-refractivity contribution in [1.82, 2.24) is 5.32 Å². The normalized spacial score (nSPS) is 11.2. The summed E-state index contributed by atoms with van der Waals surface area (Å²) in [6, 6.07) is 2.09. The van der Waals surface area contributed by atoms with Gasteiger partial charge < -0.3 is 11.1 Å². The second kappa shape index (κ2) is 6.59. The fraction of sp³-hybridized carbons (Fsp3) is 0.273. The van der Waals surface area contributed by atoms with Gasteiger partial charge in [0.25, 0.3) is 5.91 Å². The molecule has 1 aromatic carbocycles. The minimum Gasteiger partial charge on any atom is -0.366 e. The van der Waals surface area contributed by atoms with Gasteiger partial charge in [-0.3, -0.25) is 9.59 Å². The van der Waals surface area contributed by atoms with E-state index in [9.17, 15) is 26.8 Å². The first-order chi connectivity index (χ1) is 9.61. The molecule has 0 spiro atoms. The summed E-state index contributed by atoms with van der Waals surface area (Å²) in [5.41, 5.74) is 4.04. The number of primary sulfonamides is 1. The maximum absolute atomic E-state index is 13.6. The van der Waals surface area contributed by atoms with Crippen molar-refractivity contribution in [3.63, 3.8) is 0 Å². The van der Waals surface area contributed by atoms with E-state index in [2.05, 4.69) is 5.32 Å². The summed E-state index contributed by atoms with van der Waals surface area (Å²) in [6.45, 7) is -0.370. The van der Waals surface area contributed by atoms with Crippen LogP contribution in [0.15, 0.2) is 12.1 Å². The molecular formula is C11H13F2N3O4S. The van der Waals surface area contributed by atoms with Gasteiger partial charge in [0.2, 0.25) is 15.9 Å². The highest BCUT2D eigenvalue weighted by atomic mass is 32.2. The summed E-state index contributed by atoms with van der Waals surface area (Å²) in [5, 5.41) is 6.93. The number of hydrogen-bond acceptors (Lipinski definition) is 4. The molecule has 0 aromatic heterocycles. The van der Waals surface area contributed by atoms with Gasteiger partial charge in [-0.2, -0.15) is 0 Å². The van der Waals surface area contributed by atoms with Crippen LogP contribution in [0.4, 0.5) is 8.78 Å². The van der Waals surface area contributed by atoms with Crippen molar-refractivity contribution >= 4 is 21.8 Å². The zero-order chi connectivity index (χ0) is 16.2. The Morgan fingerprint density at radius 3 is 2.33 bits per heavy atom. The Hall–Kier alpha value is -2.07. The predicted octanol–water partition coefficient (Wildman–Crippen LogP) is -0.642. The number of nitrogens with one attached hydrogen (secondary N) is 1. The lowest BCUT2D eigenvalue weighted by Crippen LogP contribution is -2.27. The van der Waals surface area contributed by atoms with E-state index < -0.39 is 51.2 Å². The smallest absolute Gasteiger partial charge is 0.251 e. The van der Waals surface area contributed by atoms with Gasteiger partial charge in [-0.1, -0.05) is 6.07 Å². The van der Waals surface area contributed by atoms with Gasteiger partial charge in [-0.05, 0) is 6.07 Å². The average Bonchev–Trinajstić information content (AvgIpc) is 2.36. The van der Waals surface area contributed by atoms with Gasteiger partial charge in [-0.15, -0.1) is 0 Å². The molecule has 0 unspecified atom stereocenters. The van der Waals surface area contributed by atoms with E-state index in [0.717, 1.165) is 12.1 Å². The van der Waals surface area contributed by atoms with Crippen LogP contribution in [0.25, 0.3) is 0 Å². The molecule has 5 N–H and O–H groups in total. The monoisotopic (exact) mass is 321 g/mol. The quantitative estimate of drug-likeness (QED) is 0.642. The minimum absolute atomic E-state index is 0.207. The number of carbonyl (C=O) groups is 2. The standard InChI is InChI=1S/C11H13F2N3O4S/c12-9-6(1-2-7(10(9)13)11(14)18)5-16-8(17)3-4-21(15,19)20/h1-2H,3-5H2,(H2,14,18)(H,16,17)(H2,15,19,20). The molecule has 0 aliphatic heterocycles. The largest absolute Gasteiger partial charge is 0.366 e. The fourth-order valence-electron chi connectivity index (χ4n) is 1.43. The molecule has 0 aliphatic carbocycles. The molecular weight excluding hydrogens is 308 g/mol.